The number of hydrogen-bond donors (Lipinski definition) is 0. The fourth-order valence-corrected chi connectivity index (χ4v) is 8.27. The largest absolute Gasteiger partial charge is 0.647 e. The Kier molecular flexibility index (Phi) is 10.5. The maximum atomic E-state index is 14.4. The van der Waals surface area contributed by atoms with Gasteiger partial charge in [0.15, 0.2) is 0 Å². The van der Waals surface area contributed by atoms with Gasteiger partial charge in [0.05, 0.1) is 0 Å². The van der Waals surface area contributed by atoms with E-state index in [1.807, 2.05) is 91.9 Å². The van der Waals surface area contributed by atoms with Gasteiger partial charge in [-0.2, -0.15) is 4.57 Å². The van der Waals surface area contributed by atoms with Crippen LogP contribution in [0.25, 0.3) is 0 Å². The summed E-state index contributed by atoms with van der Waals surface area (Å²) in [5.41, 5.74) is 1.87. The molecule has 1 unspecified atom stereocenters. The molecule has 0 amide bonds. The molecule has 0 aliphatic carbocycles. The number of benzene rings is 6. The van der Waals surface area contributed by atoms with E-state index >= 15 is 0 Å². The van der Waals surface area contributed by atoms with E-state index in [2.05, 4.69) is 13.8 Å². The number of phosphoric ester groups is 1. The summed E-state index contributed by atoms with van der Waals surface area (Å²) in [6.45, 7) is 6.09. The molecular weight excluding hydrogens is 666 g/mol. The van der Waals surface area contributed by atoms with Gasteiger partial charge in [-0.25, -0.2) is 4.57 Å². The zero-order chi connectivity index (χ0) is 35.0. The molecule has 0 bridgehead atoms. The van der Waals surface area contributed by atoms with Gasteiger partial charge in [0.2, 0.25) is 0 Å². The van der Waals surface area contributed by atoms with Gasteiger partial charge in [-0.1, -0.05) is 123 Å². The molecule has 254 valence electrons. The van der Waals surface area contributed by atoms with E-state index in [-0.39, 0.29) is 0 Å². The highest BCUT2D eigenvalue weighted by Gasteiger charge is 2.38. The molecule has 0 heterocycles. The maximum absolute atomic E-state index is 14.4. The SMILES string of the molecule is CC(c1ccc(C(C)(C)c2ccc(OP(=O)(Oc3ccccc3)Oc3ccccc3)cc2)cc1)P(=O)(Oc1ccccc1)Oc1ccccc1. The minimum Gasteiger partial charge on any atom is -0.416 e. The third-order valence-electron chi connectivity index (χ3n) is 8.25. The summed E-state index contributed by atoms with van der Waals surface area (Å²) >= 11 is 0. The van der Waals surface area contributed by atoms with Gasteiger partial charge in [-0.15, -0.1) is 0 Å². The van der Waals surface area contributed by atoms with Crippen LogP contribution in [0.4, 0.5) is 0 Å². The first kappa shape index (κ1) is 34.6. The molecule has 7 nitrogen and oxygen atoms in total. The van der Waals surface area contributed by atoms with Crippen molar-refractivity contribution in [3.8, 4) is 28.7 Å². The minimum absolute atomic E-state index is 0.330. The molecule has 6 aromatic rings. The van der Waals surface area contributed by atoms with Crippen molar-refractivity contribution in [1.29, 1.82) is 0 Å². The summed E-state index contributed by atoms with van der Waals surface area (Å²) in [6, 6.07) is 51.0. The third kappa shape index (κ3) is 8.49. The first-order valence-corrected chi connectivity index (χ1v) is 19.3. The smallest absolute Gasteiger partial charge is 0.416 e. The van der Waals surface area contributed by atoms with Gasteiger partial charge in [-0.3, -0.25) is 0 Å². The highest BCUT2D eigenvalue weighted by atomic mass is 31.2. The van der Waals surface area contributed by atoms with Crippen molar-refractivity contribution in [1.82, 2.24) is 0 Å². The van der Waals surface area contributed by atoms with Gasteiger partial charge in [0, 0.05) is 5.41 Å². The standard InChI is InChI=1S/C41H38O7P2/c1-32(49(42,44-36-16-8-4-9-17-36)45-37-18-10-5-11-19-37)33-24-26-34(27-25-33)41(2,3)35-28-30-40(31-29-35)48-50(43,46-38-20-12-6-13-21-38)47-39-22-14-7-15-23-39/h4-32H,1-3H3. The number of phosphoric acid groups is 1. The van der Waals surface area contributed by atoms with Crippen LogP contribution >= 0.6 is 15.4 Å². The first-order valence-electron chi connectivity index (χ1n) is 16.2. The lowest BCUT2D eigenvalue weighted by Gasteiger charge is -2.28. The predicted octanol–water partition coefficient (Wildman–Crippen LogP) is 12.1. The van der Waals surface area contributed by atoms with Crippen molar-refractivity contribution in [2.75, 3.05) is 0 Å². The highest BCUT2D eigenvalue weighted by molar-refractivity contribution is 7.55. The number of rotatable bonds is 14. The normalized spacial score (nSPS) is 12.4. The topological polar surface area (TPSA) is 80.3 Å². The van der Waals surface area contributed by atoms with E-state index in [1.165, 1.54) is 0 Å². The van der Waals surface area contributed by atoms with Crippen LogP contribution < -0.4 is 22.6 Å². The summed E-state index contributed by atoms with van der Waals surface area (Å²) in [6.07, 6.45) is 0. The number of hydrogen-bond acceptors (Lipinski definition) is 7. The van der Waals surface area contributed by atoms with Gasteiger partial charge in [0.25, 0.3) is 0 Å². The highest BCUT2D eigenvalue weighted by Crippen LogP contribution is 2.60. The molecular formula is C41H38O7P2. The Morgan fingerprint density at radius 2 is 0.720 bits per heavy atom. The second-order valence-corrected chi connectivity index (χ2v) is 15.8. The average molecular weight is 705 g/mol. The van der Waals surface area contributed by atoms with Crippen LogP contribution in [0.15, 0.2) is 170 Å². The zero-order valence-electron chi connectivity index (χ0n) is 28.0. The monoisotopic (exact) mass is 704 g/mol. The minimum atomic E-state index is -4.12. The Labute approximate surface area is 293 Å². The Morgan fingerprint density at radius 1 is 0.420 bits per heavy atom. The van der Waals surface area contributed by atoms with Crippen molar-refractivity contribution >= 4 is 15.4 Å². The summed E-state index contributed by atoms with van der Waals surface area (Å²) in [7, 11) is -7.83. The molecule has 0 N–H and O–H groups in total. The van der Waals surface area contributed by atoms with E-state index in [0.717, 1.165) is 16.7 Å². The molecule has 0 saturated heterocycles. The van der Waals surface area contributed by atoms with Crippen LogP contribution in [0.1, 0.15) is 43.1 Å². The second kappa shape index (κ2) is 15.1. The van der Waals surface area contributed by atoms with Gasteiger partial charge in [0.1, 0.15) is 34.4 Å². The van der Waals surface area contributed by atoms with Crippen molar-refractivity contribution in [3.63, 3.8) is 0 Å². The van der Waals surface area contributed by atoms with E-state index in [4.69, 9.17) is 22.6 Å². The Hall–Kier alpha value is -5.22. The van der Waals surface area contributed by atoms with E-state index in [1.54, 1.807) is 84.9 Å². The lowest BCUT2D eigenvalue weighted by molar-refractivity contribution is 0.298. The fraction of sp³-hybridized carbons (Fsp3) is 0.122. The summed E-state index contributed by atoms with van der Waals surface area (Å²) in [5, 5.41) is 0. The maximum Gasteiger partial charge on any atom is 0.647 e. The lowest BCUT2D eigenvalue weighted by Crippen LogP contribution is -2.19. The molecule has 0 aliphatic heterocycles. The van der Waals surface area contributed by atoms with Crippen molar-refractivity contribution in [2.45, 2.75) is 31.8 Å². The number of para-hydroxylation sites is 4. The molecule has 0 radical (unpaired) electrons. The summed E-state index contributed by atoms with van der Waals surface area (Å²) in [5.74, 6) is 1.99. The van der Waals surface area contributed by atoms with Crippen LogP contribution in [0, 0.1) is 0 Å². The summed E-state index contributed by atoms with van der Waals surface area (Å²) < 4.78 is 57.9. The van der Waals surface area contributed by atoms with Crippen molar-refractivity contribution in [3.05, 3.63) is 187 Å². The van der Waals surface area contributed by atoms with E-state index in [0.29, 0.717) is 28.7 Å². The quantitative estimate of drug-likeness (QED) is 0.104. The van der Waals surface area contributed by atoms with Gasteiger partial charge < -0.3 is 22.6 Å². The van der Waals surface area contributed by atoms with Crippen LogP contribution in [0.3, 0.4) is 0 Å². The van der Waals surface area contributed by atoms with Crippen LogP contribution in [0.2, 0.25) is 0 Å². The average Bonchev–Trinajstić information content (AvgIpc) is 3.13. The summed E-state index contributed by atoms with van der Waals surface area (Å²) in [4.78, 5) is 0. The van der Waals surface area contributed by atoms with E-state index in [9.17, 15) is 9.13 Å². The third-order valence-corrected chi connectivity index (χ3v) is 11.7. The second-order valence-electron chi connectivity index (χ2n) is 12.1. The van der Waals surface area contributed by atoms with Crippen LogP contribution in [-0.4, -0.2) is 0 Å². The molecule has 6 rings (SSSR count). The van der Waals surface area contributed by atoms with Crippen LogP contribution in [-0.2, 0) is 14.5 Å². The van der Waals surface area contributed by atoms with Crippen LogP contribution in [0.5, 0.6) is 28.7 Å². The molecule has 1 atom stereocenters. The molecule has 0 saturated carbocycles. The molecule has 0 fully saturated rings. The fourth-order valence-electron chi connectivity index (χ4n) is 5.30. The van der Waals surface area contributed by atoms with Crippen molar-refractivity contribution in [2.24, 2.45) is 0 Å². The van der Waals surface area contributed by atoms with Gasteiger partial charge >= 0.3 is 15.4 Å². The molecule has 6 aromatic carbocycles. The first-order chi connectivity index (χ1) is 24.1. The van der Waals surface area contributed by atoms with Crippen molar-refractivity contribution < 1.29 is 31.7 Å². The van der Waals surface area contributed by atoms with E-state index < -0.39 is 26.5 Å². The molecule has 0 spiro atoms. The zero-order valence-corrected chi connectivity index (χ0v) is 29.8. The predicted molar refractivity (Wildman–Crippen MR) is 198 cm³/mol. The van der Waals surface area contributed by atoms with Gasteiger partial charge in [-0.05, 0) is 84.3 Å². The molecule has 0 aliphatic rings. The Morgan fingerprint density at radius 3 is 1.08 bits per heavy atom. The molecule has 0 aromatic heterocycles. The Balaban J connectivity index is 1.20. The Bertz CT molecular complexity index is 1960. The molecule has 9 heteroatoms. The lowest BCUT2D eigenvalue weighted by atomic mass is 9.78. The molecule has 50 heavy (non-hydrogen) atoms.